The Bertz CT molecular complexity index is 4410. The van der Waals surface area contributed by atoms with Crippen LogP contribution in [0.3, 0.4) is 0 Å². The molecule has 0 saturated heterocycles. The Balaban J connectivity index is 0.000000104. The van der Waals surface area contributed by atoms with Crippen molar-refractivity contribution in [3.63, 3.8) is 0 Å². The van der Waals surface area contributed by atoms with Gasteiger partial charge in [-0.1, -0.05) is 36.4 Å². The third-order valence-electron chi connectivity index (χ3n) is 15.8. The minimum absolute atomic E-state index is 0.310. The fraction of sp³-hybridized carbons (Fsp3) is 0.190. The van der Waals surface area contributed by atoms with Gasteiger partial charge in [-0.2, -0.15) is 15.3 Å². The van der Waals surface area contributed by atoms with Gasteiger partial charge in [-0.3, -0.25) is 30.2 Å². The van der Waals surface area contributed by atoms with Crippen molar-refractivity contribution in [2.45, 2.75) is 75.5 Å². The summed E-state index contributed by atoms with van der Waals surface area (Å²) in [7, 11) is -1.43. The number of rotatable bonds is 12. The monoisotopic (exact) mass is 1230 g/mol. The van der Waals surface area contributed by atoms with Gasteiger partial charge in [0.2, 0.25) is 17.7 Å². The molecule has 5 N–H and O–H groups in total. The zero-order valence-corrected chi connectivity index (χ0v) is 48.3. The van der Waals surface area contributed by atoms with E-state index in [4.69, 9.17) is 38.3 Å². The second-order valence-electron chi connectivity index (χ2n) is 21.9. The second-order valence-corrected chi connectivity index (χ2v) is 22.6. The molecule has 3 saturated carbocycles. The first-order valence-corrected chi connectivity index (χ1v) is 29.6. The van der Waals surface area contributed by atoms with Crippen molar-refractivity contribution in [3.05, 3.63) is 219 Å². The fourth-order valence-electron chi connectivity index (χ4n) is 10.7. The van der Waals surface area contributed by atoms with E-state index in [2.05, 4.69) is 147 Å². The van der Waals surface area contributed by atoms with Gasteiger partial charge in [0.1, 0.15) is 11.4 Å². The van der Waals surface area contributed by atoms with Crippen LogP contribution in [0.15, 0.2) is 165 Å². The second kappa shape index (κ2) is 23.5. The standard InChI is InChI=1S/2C21H16N6O.C18H13BrN4O.C3H5BN2O2/c2*1-4-14(20-26-27-21(28-20)17-7-8-23-25-17)9-16-12(1)5-6-15(16)19-11-22-10-18(24-19)13-2-3-13;19-18-23-22-17(24-18)12-4-1-10-5-6-13(14(10)7-12)16-9-20-8-15(21-16)11-2-3-11;7-4(8)3-1-2-5-6-3/h2*1,4,6-11,13H,2-3,5H2,(H,23,25);1,4,6-9,11H,2-3,5H2;1-2,7-8H,(H,5,6). The van der Waals surface area contributed by atoms with Gasteiger partial charge in [0.05, 0.1) is 58.3 Å². The predicted octanol–water partition coefficient (Wildman–Crippen LogP) is 9.81. The molecular weight excluding hydrogens is 1180 g/mol. The van der Waals surface area contributed by atoms with Crippen molar-refractivity contribution in [1.82, 2.24) is 91.1 Å². The highest BCUT2D eigenvalue weighted by atomic mass is 79.9. The molecule has 6 aliphatic carbocycles. The number of aromatic nitrogens is 18. The zero-order valence-electron chi connectivity index (χ0n) is 46.7. The molecule has 9 aromatic heterocycles. The van der Waals surface area contributed by atoms with E-state index in [9.17, 15) is 0 Å². The van der Waals surface area contributed by atoms with Gasteiger partial charge in [0.25, 0.3) is 16.6 Å². The summed E-state index contributed by atoms with van der Waals surface area (Å²) in [4.78, 5) is 28.2. The van der Waals surface area contributed by atoms with E-state index in [0.29, 0.717) is 69.0 Å². The first-order chi connectivity index (χ1) is 43.3. The molecule has 432 valence electrons. The average Bonchev–Trinajstić information content (AvgIpc) is 2.19. The molecule has 0 unspecified atom stereocenters. The zero-order chi connectivity index (χ0) is 59.1. The number of hydrogen-bond acceptors (Lipinski definition) is 20. The highest BCUT2D eigenvalue weighted by Gasteiger charge is 2.30. The molecule has 18 rings (SSSR count). The Morgan fingerprint density at radius 1 is 0.420 bits per heavy atom. The van der Waals surface area contributed by atoms with Gasteiger partial charge < -0.3 is 23.3 Å². The van der Waals surface area contributed by atoms with Gasteiger partial charge in [-0.05, 0) is 146 Å². The van der Waals surface area contributed by atoms with E-state index >= 15 is 0 Å². The lowest BCUT2D eigenvalue weighted by Crippen LogP contribution is -2.30. The number of halogens is 1. The van der Waals surface area contributed by atoms with Crippen LogP contribution in [0, 0.1) is 0 Å². The summed E-state index contributed by atoms with van der Waals surface area (Å²) >= 11 is 3.20. The number of allylic oxidation sites excluding steroid dienone is 3. The van der Waals surface area contributed by atoms with Gasteiger partial charge in [-0.15, -0.1) is 30.6 Å². The van der Waals surface area contributed by atoms with E-state index in [1.54, 1.807) is 24.5 Å². The molecule has 25 heteroatoms. The van der Waals surface area contributed by atoms with Crippen LogP contribution in [-0.2, 0) is 19.3 Å². The number of nitrogens with zero attached hydrogens (tertiary/aromatic N) is 15. The van der Waals surface area contributed by atoms with E-state index in [-0.39, 0.29) is 0 Å². The van der Waals surface area contributed by atoms with Crippen molar-refractivity contribution in [3.8, 4) is 57.5 Å². The van der Waals surface area contributed by atoms with Crippen LogP contribution in [0.1, 0.15) is 124 Å². The maximum atomic E-state index is 8.40. The van der Waals surface area contributed by atoms with Crippen LogP contribution in [0.2, 0.25) is 0 Å². The van der Waals surface area contributed by atoms with E-state index in [0.717, 1.165) is 98.0 Å². The van der Waals surface area contributed by atoms with Crippen molar-refractivity contribution >= 4 is 45.4 Å². The fourth-order valence-corrected chi connectivity index (χ4v) is 11.0. The smallest absolute Gasteiger partial charge is 0.422 e. The molecule has 0 bridgehead atoms. The van der Waals surface area contributed by atoms with Crippen molar-refractivity contribution < 1.29 is 23.3 Å². The van der Waals surface area contributed by atoms with Crippen LogP contribution in [0.5, 0.6) is 0 Å². The summed E-state index contributed by atoms with van der Waals surface area (Å²) < 4.78 is 17.1. The highest BCUT2D eigenvalue weighted by Crippen LogP contribution is 2.43. The van der Waals surface area contributed by atoms with Crippen LogP contribution in [0.25, 0.3) is 74.3 Å². The van der Waals surface area contributed by atoms with Crippen LogP contribution >= 0.6 is 15.9 Å². The topological polar surface area (TPSA) is 321 Å². The number of aromatic amines is 3. The Hall–Kier alpha value is -10.4. The summed E-state index contributed by atoms with van der Waals surface area (Å²) in [6.07, 6.45) is 32.7. The largest absolute Gasteiger partial charge is 0.507 e. The summed E-state index contributed by atoms with van der Waals surface area (Å²) in [6.45, 7) is 0. The number of H-pyrrole nitrogens is 3. The first-order valence-electron chi connectivity index (χ1n) is 28.8. The molecule has 0 radical (unpaired) electrons. The lowest BCUT2D eigenvalue weighted by atomic mass is 9.87. The maximum absolute atomic E-state index is 8.40. The summed E-state index contributed by atoms with van der Waals surface area (Å²) in [5.41, 5.74) is 21.2. The summed E-state index contributed by atoms with van der Waals surface area (Å²) in [6, 6.07) is 23.8. The number of nitrogens with one attached hydrogen (secondary N) is 3. The molecule has 0 amide bonds. The van der Waals surface area contributed by atoms with E-state index in [1.807, 2.05) is 55.4 Å². The molecule has 6 aliphatic rings. The number of fused-ring (bicyclic) bond motifs is 3. The van der Waals surface area contributed by atoms with Gasteiger partial charge in [0.15, 0.2) is 0 Å². The summed E-state index contributed by atoms with van der Waals surface area (Å²) in [5.74, 6) is 4.08. The van der Waals surface area contributed by atoms with Crippen molar-refractivity contribution in [2.24, 2.45) is 0 Å². The molecule has 23 nitrogen and oxygen atoms in total. The van der Waals surface area contributed by atoms with E-state index < -0.39 is 7.12 Å². The number of benzene rings is 3. The molecule has 12 aromatic rings. The lowest BCUT2D eigenvalue weighted by Gasteiger charge is -2.08. The van der Waals surface area contributed by atoms with Crippen LogP contribution in [0.4, 0.5) is 0 Å². The predicted molar refractivity (Wildman–Crippen MR) is 325 cm³/mol. The molecular formula is C63H50BBrN18O5. The van der Waals surface area contributed by atoms with Gasteiger partial charge in [-0.25, -0.2) is 15.0 Å². The average molecular weight is 1230 g/mol. The number of hydrogen-bond donors (Lipinski definition) is 5. The molecule has 3 fully saturated rings. The van der Waals surface area contributed by atoms with Crippen LogP contribution in [-0.4, -0.2) is 108 Å². The Labute approximate surface area is 509 Å². The first kappa shape index (κ1) is 54.3. The molecule has 3 aromatic carbocycles. The van der Waals surface area contributed by atoms with Gasteiger partial charge in [0, 0.05) is 104 Å². The highest BCUT2D eigenvalue weighted by molar-refractivity contribution is 9.10. The quantitative estimate of drug-likeness (QED) is 0.0710. The Kier molecular flexibility index (Phi) is 14.5. The van der Waals surface area contributed by atoms with Gasteiger partial charge >= 0.3 is 7.12 Å². The van der Waals surface area contributed by atoms with Crippen molar-refractivity contribution in [2.75, 3.05) is 0 Å². The summed E-state index contributed by atoms with van der Waals surface area (Å²) in [5, 5.41) is 60.7. The van der Waals surface area contributed by atoms with Crippen LogP contribution < -0.4 is 5.59 Å². The minimum atomic E-state index is -1.43. The molecule has 0 atom stereocenters. The Morgan fingerprint density at radius 2 is 0.795 bits per heavy atom. The third kappa shape index (κ3) is 11.6. The third-order valence-corrected chi connectivity index (χ3v) is 16.1. The molecule has 0 spiro atoms. The lowest BCUT2D eigenvalue weighted by molar-refractivity contribution is 0.424. The normalized spacial score (nSPS) is 15.1. The maximum Gasteiger partial charge on any atom is 0.507 e. The molecule has 88 heavy (non-hydrogen) atoms. The molecule has 9 heterocycles. The minimum Gasteiger partial charge on any atom is -0.422 e. The van der Waals surface area contributed by atoms with E-state index in [1.165, 1.54) is 73.0 Å². The SMILES string of the molecule is Brc1nnc(-c2ccc3c(c2)C(c2cncc(C4CC4)n2)=CC3)o1.C1=C(c2cncc(C3CC3)n2)c2cc(-c3nnc(-c4ccn[nH]4)o3)ccc2C1.C1=C(c2cncc(C3CC3)n2)c2cc(-c3nnc(-c4ccn[nH]4)o3)ccc2C1.OB(O)c1ccn[nH]1. The Morgan fingerprint density at radius 3 is 1.12 bits per heavy atom. The molecule has 0 aliphatic heterocycles. The van der Waals surface area contributed by atoms with Crippen molar-refractivity contribution in [1.29, 1.82) is 0 Å².